The van der Waals surface area contributed by atoms with Gasteiger partial charge in [0.05, 0.1) is 38.3 Å². The third-order valence-corrected chi connectivity index (χ3v) is 3.48. The molecule has 1 aliphatic rings. The molecule has 0 unspecified atom stereocenters. The van der Waals surface area contributed by atoms with Gasteiger partial charge in [-0.05, 0) is 6.07 Å². The molecule has 0 aromatic carbocycles. The van der Waals surface area contributed by atoms with Crippen molar-refractivity contribution in [2.75, 3.05) is 51.8 Å². The molecule has 1 aliphatic heterocycles. The normalized spacial score (nSPS) is 16.2. The lowest BCUT2D eigenvalue weighted by molar-refractivity contribution is -0.136. The molecule has 0 saturated carbocycles. The van der Waals surface area contributed by atoms with Crippen LogP contribution in [0.1, 0.15) is 0 Å². The molecule has 24 heavy (non-hydrogen) atoms. The van der Waals surface area contributed by atoms with Gasteiger partial charge in [0.15, 0.2) is 0 Å². The van der Waals surface area contributed by atoms with Gasteiger partial charge < -0.3 is 25.2 Å². The molecule has 0 aliphatic carbocycles. The zero-order valence-electron chi connectivity index (χ0n) is 13.5. The number of methoxy groups -OCH3 is 1. The van der Waals surface area contributed by atoms with Crippen LogP contribution in [0.3, 0.4) is 0 Å². The molecule has 1 atom stereocenters. The Morgan fingerprint density at radius 3 is 2.75 bits per heavy atom. The number of β-amino-alcohol motifs (C(OH)–C–C–N with tert-alkyl or cyclic N) is 1. The summed E-state index contributed by atoms with van der Waals surface area (Å²) in [4.78, 5) is 29.5. The number of aliphatic hydroxyl groups is 1. The Labute approximate surface area is 139 Å². The number of ether oxygens (including phenoxy) is 2. The molecule has 0 bridgehead atoms. The first-order valence-electron chi connectivity index (χ1n) is 7.66. The average Bonchev–Trinajstić information content (AvgIpc) is 2.61. The molecule has 0 spiro atoms. The van der Waals surface area contributed by atoms with Gasteiger partial charge in [0.2, 0.25) is 5.88 Å². The minimum Gasteiger partial charge on any atom is -0.481 e. The molecule has 1 aromatic heterocycles. The zero-order chi connectivity index (χ0) is 17.4. The number of aliphatic hydroxyl groups excluding tert-OH is 1. The van der Waals surface area contributed by atoms with Crippen molar-refractivity contribution in [3.05, 3.63) is 18.3 Å². The number of anilines is 1. The number of carbonyl (C=O) groups excluding carboxylic acids is 2. The van der Waals surface area contributed by atoms with Crippen LogP contribution in [0.4, 0.5) is 5.69 Å². The first kappa shape index (κ1) is 18.1. The van der Waals surface area contributed by atoms with E-state index in [0.717, 1.165) is 13.1 Å². The third-order valence-electron chi connectivity index (χ3n) is 3.48. The summed E-state index contributed by atoms with van der Waals surface area (Å²) in [5, 5.41) is 14.8. The van der Waals surface area contributed by atoms with Gasteiger partial charge in [0.25, 0.3) is 0 Å². The second-order valence-electron chi connectivity index (χ2n) is 5.32. The standard InChI is InChI=1S/C15H22N4O5/c1-23-13-3-2-11(8-16-13)18-15(22)14(21)17-9-12(20)10-19-4-6-24-7-5-19/h2-3,8,12,20H,4-7,9-10H2,1H3,(H,17,21)(H,18,22)/t12-/m1/s1. The minimum atomic E-state index is -0.819. The number of carbonyl (C=O) groups is 2. The largest absolute Gasteiger partial charge is 0.481 e. The predicted molar refractivity (Wildman–Crippen MR) is 85.7 cm³/mol. The number of pyridine rings is 1. The molecule has 3 N–H and O–H groups in total. The Morgan fingerprint density at radius 1 is 1.38 bits per heavy atom. The molecule has 9 heteroatoms. The van der Waals surface area contributed by atoms with Crippen molar-refractivity contribution in [2.24, 2.45) is 0 Å². The Morgan fingerprint density at radius 2 is 2.12 bits per heavy atom. The van der Waals surface area contributed by atoms with E-state index in [4.69, 9.17) is 9.47 Å². The number of amides is 2. The van der Waals surface area contributed by atoms with Crippen LogP contribution in [0.25, 0.3) is 0 Å². The second kappa shape index (κ2) is 9.16. The quantitative estimate of drug-likeness (QED) is 0.561. The van der Waals surface area contributed by atoms with Crippen molar-refractivity contribution >= 4 is 17.5 Å². The summed E-state index contributed by atoms with van der Waals surface area (Å²) in [5.41, 5.74) is 0.379. The van der Waals surface area contributed by atoms with E-state index in [-0.39, 0.29) is 6.54 Å². The summed E-state index contributed by atoms with van der Waals surface area (Å²) in [6.07, 6.45) is 0.639. The van der Waals surface area contributed by atoms with E-state index in [9.17, 15) is 14.7 Å². The van der Waals surface area contributed by atoms with E-state index in [1.165, 1.54) is 13.3 Å². The van der Waals surface area contributed by atoms with E-state index in [1.807, 2.05) is 4.90 Å². The second-order valence-corrected chi connectivity index (χ2v) is 5.32. The Balaban J connectivity index is 1.71. The molecule has 2 rings (SSSR count). The van der Waals surface area contributed by atoms with Crippen LogP contribution in [0.5, 0.6) is 5.88 Å². The SMILES string of the molecule is COc1ccc(NC(=O)C(=O)NC[C@@H](O)CN2CCOCC2)cn1. The molecule has 1 saturated heterocycles. The van der Waals surface area contributed by atoms with Crippen molar-refractivity contribution < 1.29 is 24.2 Å². The number of rotatable bonds is 6. The number of hydrogen-bond donors (Lipinski definition) is 3. The van der Waals surface area contributed by atoms with E-state index in [2.05, 4.69) is 15.6 Å². The first-order valence-corrected chi connectivity index (χ1v) is 7.66. The molecule has 2 heterocycles. The van der Waals surface area contributed by atoms with Gasteiger partial charge in [-0.15, -0.1) is 0 Å². The Kier molecular flexibility index (Phi) is 6.91. The average molecular weight is 338 g/mol. The molecule has 2 amide bonds. The van der Waals surface area contributed by atoms with Crippen molar-refractivity contribution in [2.45, 2.75) is 6.10 Å². The van der Waals surface area contributed by atoms with E-state index < -0.39 is 17.9 Å². The highest BCUT2D eigenvalue weighted by Gasteiger charge is 2.18. The summed E-state index contributed by atoms with van der Waals surface area (Å²) >= 11 is 0. The van der Waals surface area contributed by atoms with Crippen molar-refractivity contribution in [1.29, 1.82) is 0 Å². The number of nitrogens with zero attached hydrogens (tertiary/aromatic N) is 2. The van der Waals surface area contributed by atoms with Crippen LogP contribution >= 0.6 is 0 Å². The van der Waals surface area contributed by atoms with Gasteiger partial charge in [0, 0.05) is 32.2 Å². The van der Waals surface area contributed by atoms with Gasteiger partial charge in [-0.25, -0.2) is 4.98 Å². The van der Waals surface area contributed by atoms with Crippen LogP contribution in [-0.2, 0) is 14.3 Å². The predicted octanol–water partition coefficient (Wildman–Crippen LogP) is -1.16. The maximum absolute atomic E-state index is 11.8. The van der Waals surface area contributed by atoms with Crippen LogP contribution in [-0.4, -0.2) is 79.4 Å². The van der Waals surface area contributed by atoms with E-state index in [0.29, 0.717) is 31.3 Å². The topological polar surface area (TPSA) is 113 Å². The maximum Gasteiger partial charge on any atom is 0.313 e. The van der Waals surface area contributed by atoms with Crippen LogP contribution < -0.4 is 15.4 Å². The molecular weight excluding hydrogens is 316 g/mol. The van der Waals surface area contributed by atoms with Crippen molar-refractivity contribution in [3.63, 3.8) is 0 Å². The molecule has 1 aromatic rings. The van der Waals surface area contributed by atoms with Crippen molar-refractivity contribution in [1.82, 2.24) is 15.2 Å². The Hall–Kier alpha value is -2.23. The van der Waals surface area contributed by atoms with Gasteiger partial charge in [-0.1, -0.05) is 0 Å². The van der Waals surface area contributed by atoms with Gasteiger partial charge in [-0.2, -0.15) is 0 Å². The fourth-order valence-electron chi connectivity index (χ4n) is 2.20. The molecule has 132 valence electrons. The van der Waals surface area contributed by atoms with Crippen LogP contribution in [0.2, 0.25) is 0 Å². The highest BCUT2D eigenvalue weighted by Crippen LogP contribution is 2.10. The van der Waals surface area contributed by atoms with E-state index >= 15 is 0 Å². The van der Waals surface area contributed by atoms with Gasteiger partial charge >= 0.3 is 11.8 Å². The number of morpholine rings is 1. The van der Waals surface area contributed by atoms with E-state index in [1.54, 1.807) is 12.1 Å². The maximum atomic E-state index is 11.8. The van der Waals surface area contributed by atoms with Crippen LogP contribution in [0, 0.1) is 0 Å². The summed E-state index contributed by atoms with van der Waals surface area (Å²) in [5.74, 6) is -1.23. The fourth-order valence-corrected chi connectivity index (χ4v) is 2.20. The summed E-state index contributed by atoms with van der Waals surface area (Å²) < 4.78 is 10.1. The van der Waals surface area contributed by atoms with Crippen molar-refractivity contribution in [3.8, 4) is 5.88 Å². The lowest BCUT2D eigenvalue weighted by Gasteiger charge is -2.28. The third kappa shape index (κ3) is 5.76. The molecule has 9 nitrogen and oxygen atoms in total. The number of aromatic nitrogens is 1. The highest BCUT2D eigenvalue weighted by atomic mass is 16.5. The lowest BCUT2D eigenvalue weighted by atomic mass is 10.3. The first-order chi connectivity index (χ1) is 11.6. The summed E-state index contributed by atoms with van der Waals surface area (Å²) in [7, 11) is 1.48. The van der Waals surface area contributed by atoms with Crippen LogP contribution in [0.15, 0.2) is 18.3 Å². The highest BCUT2D eigenvalue weighted by molar-refractivity contribution is 6.39. The zero-order valence-corrected chi connectivity index (χ0v) is 13.5. The summed E-state index contributed by atoms with van der Waals surface area (Å²) in [6.45, 7) is 3.19. The van der Waals surface area contributed by atoms with Gasteiger partial charge in [0.1, 0.15) is 0 Å². The fraction of sp³-hybridized carbons (Fsp3) is 0.533. The number of nitrogens with one attached hydrogen (secondary N) is 2. The van der Waals surface area contributed by atoms with Gasteiger partial charge in [-0.3, -0.25) is 14.5 Å². The Bertz CT molecular complexity index is 545. The summed E-state index contributed by atoms with van der Waals surface area (Å²) in [6, 6.07) is 3.14. The lowest BCUT2D eigenvalue weighted by Crippen LogP contribution is -2.46. The monoisotopic (exact) mass is 338 g/mol. The molecule has 1 fully saturated rings. The smallest absolute Gasteiger partial charge is 0.313 e. The molecular formula is C15H22N4O5. The number of hydrogen-bond acceptors (Lipinski definition) is 7. The minimum absolute atomic E-state index is 0.00444. The molecule has 0 radical (unpaired) electrons.